The number of carbonyl (C=O) groups excluding carboxylic acids is 1. The molecule has 0 aliphatic carbocycles. The molecule has 0 fully saturated rings. The molecule has 7 heteroatoms. The molecular formula is C44H85NO5S. The molecule has 0 saturated carbocycles. The fraction of sp³-hybridized carbons (Fsp3) is 0.886. The summed E-state index contributed by atoms with van der Waals surface area (Å²) in [6.45, 7) is 4.53. The van der Waals surface area contributed by atoms with Gasteiger partial charge in [-0.2, -0.15) is 8.42 Å². The highest BCUT2D eigenvalue weighted by atomic mass is 32.2. The predicted molar refractivity (Wildman–Crippen MR) is 221 cm³/mol. The molecule has 0 spiro atoms. The van der Waals surface area contributed by atoms with E-state index in [0.29, 0.717) is 6.42 Å². The van der Waals surface area contributed by atoms with Crippen molar-refractivity contribution in [2.24, 2.45) is 0 Å². The second kappa shape index (κ2) is 38.5. The summed E-state index contributed by atoms with van der Waals surface area (Å²) in [7, 11) is -4.35. The van der Waals surface area contributed by atoms with Crippen molar-refractivity contribution < 1.29 is 22.9 Å². The lowest BCUT2D eigenvalue weighted by atomic mass is 10.0. The molecule has 302 valence electrons. The Balaban J connectivity index is 3.83. The first-order valence-electron chi connectivity index (χ1n) is 22.0. The number of nitrogens with one attached hydrogen (secondary N) is 1. The zero-order valence-corrected chi connectivity index (χ0v) is 34.6. The van der Waals surface area contributed by atoms with Crippen LogP contribution >= 0.6 is 0 Å². The Bertz CT molecular complexity index is 903. The highest BCUT2D eigenvalue weighted by Crippen LogP contribution is 2.16. The maximum atomic E-state index is 12.5. The normalized spacial score (nSPS) is 13.4. The molecule has 1 amide bonds. The summed E-state index contributed by atoms with van der Waals surface area (Å²) in [6, 6.07) is -1.07. The summed E-state index contributed by atoms with van der Waals surface area (Å²) >= 11 is 0. The number of amides is 1. The van der Waals surface area contributed by atoms with E-state index in [1.54, 1.807) is 0 Å². The zero-order valence-electron chi connectivity index (χ0n) is 33.7. The third-order valence-corrected chi connectivity index (χ3v) is 10.9. The van der Waals surface area contributed by atoms with E-state index in [2.05, 4.69) is 31.3 Å². The molecule has 0 radical (unpaired) electrons. The van der Waals surface area contributed by atoms with Gasteiger partial charge in [0.05, 0.1) is 17.9 Å². The van der Waals surface area contributed by atoms with Crippen LogP contribution in [0.3, 0.4) is 0 Å². The largest absolute Gasteiger partial charge is 0.387 e. The van der Waals surface area contributed by atoms with Gasteiger partial charge in [-0.25, -0.2) is 0 Å². The SMILES string of the molecule is CCCCCCCCCC/C=C/CC/C=C/C(O)C(CS(=O)(=O)O)NC(=O)CCCCCCCCCCCCCCCCCCCCCCCC. The third kappa shape index (κ3) is 39.9. The quantitative estimate of drug-likeness (QED) is 0.0330. The van der Waals surface area contributed by atoms with Gasteiger partial charge in [-0.1, -0.05) is 218 Å². The number of hydrogen-bond acceptors (Lipinski definition) is 4. The van der Waals surface area contributed by atoms with E-state index >= 15 is 0 Å². The van der Waals surface area contributed by atoms with Gasteiger partial charge in [0.15, 0.2) is 0 Å². The van der Waals surface area contributed by atoms with Crippen molar-refractivity contribution in [2.45, 2.75) is 244 Å². The zero-order chi connectivity index (χ0) is 37.5. The van der Waals surface area contributed by atoms with Gasteiger partial charge in [0.1, 0.15) is 0 Å². The standard InChI is InChI=1S/C44H85NO5S/c1-3-5-7-9-11-13-15-17-19-20-21-22-23-24-25-26-28-30-32-34-36-38-40-44(47)45-42(41-51(48,49)50)43(46)39-37-35-33-31-29-27-18-16-14-12-10-8-6-4-2/h29,31,37,39,42-43,46H,3-28,30,32-36,38,40-41H2,1-2H3,(H,45,47)(H,48,49,50)/b31-29+,39-37+. The van der Waals surface area contributed by atoms with Crippen LogP contribution < -0.4 is 5.32 Å². The first-order chi connectivity index (χ1) is 24.8. The van der Waals surface area contributed by atoms with E-state index in [1.165, 1.54) is 179 Å². The fourth-order valence-corrected chi connectivity index (χ4v) is 7.55. The number of aliphatic hydroxyl groups is 1. The Kier molecular flexibility index (Phi) is 37.6. The summed E-state index contributed by atoms with van der Waals surface area (Å²) in [5.41, 5.74) is 0. The Morgan fingerprint density at radius 3 is 1.24 bits per heavy atom. The van der Waals surface area contributed by atoms with Crippen molar-refractivity contribution in [3.8, 4) is 0 Å². The van der Waals surface area contributed by atoms with Crippen molar-refractivity contribution in [2.75, 3.05) is 5.75 Å². The van der Waals surface area contributed by atoms with E-state index in [4.69, 9.17) is 0 Å². The summed E-state index contributed by atoms with van der Waals surface area (Å²) < 4.78 is 32.5. The third-order valence-electron chi connectivity index (χ3n) is 10.1. The average molecular weight is 740 g/mol. The Morgan fingerprint density at radius 1 is 0.510 bits per heavy atom. The van der Waals surface area contributed by atoms with Crippen LogP contribution in [0.2, 0.25) is 0 Å². The van der Waals surface area contributed by atoms with Gasteiger partial charge in [0.2, 0.25) is 5.91 Å². The van der Waals surface area contributed by atoms with Crippen LogP contribution in [0.4, 0.5) is 0 Å². The van der Waals surface area contributed by atoms with Crippen LogP contribution in [-0.2, 0) is 14.9 Å². The molecule has 0 saturated heterocycles. The number of carbonyl (C=O) groups is 1. The van der Waals surface area contributed by atoms with Crippen molar-refractivity contribution in [1.82, 2.24) is 5.32 Å². The molecular weight excluding hydrogens is 655 g/mol. The summed E-state index contributed by atoms with van der Waals surface area (Å²) in [5, 5.41) is 13.2. The molecule has 0 rings (SSSR count). The van der Waals surface area contributed by atoms with Gasteiger partial charge in [-0.3, -0.25) is 9.35 Å². The van der Waals surface area contributed by atoms with E-state index < -0.39 is 28.0 Å². The monoisotopic (exact) mass is 740 g/mol. The first-order valence-corrected chi connectivity index (χ1v) is 23.6. The lowest BCUT2D eigenvalue weighted by Gasteiger charge is -2.21. The second-order valence-electron chi connectivity index (χ2n) is 15.3. The highest BCUT2D eigenvalue weighted by molar-refractivity contribution is 7.85. The Labute approximate surface area is 317 Å². The van der Waals surface area contributed by atoms with E-state index in [1.807, 2.05) is 6.08 Å². The summed E-state index contributed by atoms with van der Waals surface area (Å²) in [4.78, 5) is 12.5. The molecule has 0 bridgehead atoms. The van der Waals surface area contributed by atoms with E-state index in [9.17, 15) is 22.9 Å². The number of aliphatic hydroxyl groups excluding tert-OH is 1. The molecule has 0 aromatic heterocycles. The van der Waals surface area contributed by atoms with Crippen LogP contribution in [0.5, 0.6) is 0 Å². The van der Waals surface area contributed by atoms with Gasteiger partial charge in [-0.15, -0.1) is 0 Å². The molecule has 2 atom stereocenters. The van der Waals surface area contributed by atoms with Crippen molar-refractivity contribution in [1.29, 1.82) is 0 Å². The van der Waals surface area contributed by atoms with Crippen molar-refractivity contribution in [3.05, 3.63) is 24.3 Å². The topological polar surface area (TPSA) is 104 Å². The molecule has 3 N–H and O–H groups in total. The van der Waals surface area contributed by atoms with Crippen LogP contribution in [0, 0.1) is 0 Å². The fourth-order valence-electron chi connectivity index (χ4n) is 6.82. The molecule has 0 aromatic carbocycles. The maximum Gasteiger partial charge on any atom is 0.267 e. The van der Waals surface area contributed by atoms with Crippen molar-refractivity contribution >= 4 is 16.0 Å². The molecule has 6 nitrogen and oxygen atoms in total. The van der Waals surface area contributed by atoms with E-state index in [0.717, 1.165) is 38.5 Å². The molecule has 0 aliphatic rings. The van der Waals surface area contributed by atoms with Crippen LogP contribution in [-0.4, -0.2) is 41.9 Å². The molecule has 0 aromatic rings. The van der Waals surface area contributed by atoms with Gasteiger partial charge in [0.25, 0.3) is 10.1 Å². The van der Waals surface area contributed by atoms with Crippen LogP contribution in [0.15, 0.2) is 24.3 Å². The van der Waals surface area contributed by atoms with Gasteiger partial charge < -0.3 is 10.4 Å². The Morgan fingerprint density at radius 2 is 0.843 bits per heavy atom. The predicted octanol–water partition coefficient (Wildman–Crippen LogP) is 13.1. The van der Waals surface area contributed by atoms with Crippen LogP contribution in [0.1, 0.15) is 232 Å². The molecule has 51 heavy (non-hydrogen) atoms. The minimum Gasteiger partial charge on any atom is -0.387 e. The number of allylic oxidation sites excluding steroid dienone is 3. The molecule has 0 aliphatic heterocycles. The van der Waals surface area contributed by atoms with E-state index in [-0.39, 0.29) is 5.91 Å². The Hall–Kier alpha value is -1.18. The maximum absolute atomic E-state index is 12.5. The lowest BCUT2D eigenvalue weighted by molar-refractivity contribution is -0.122. The second-order valence-corrected chi connectivity index (χ2v) is 16.8. The minimum atomic E-state index is -4.35. The van der Waals surface area contributed by atoms with Crippen molar-refractivity contribution in [3.63, 3.8) is 0 Å². The number of rotatable bonds is 40. The smallest absolute Gasteiger partial charge is 0.267 e. The number of hydrogen-bond donors (Lipinski definition) is 3. The van der Waals surface area contributed by atoms with Crippen LogP contribution in [0.25, 0.3) is 0 Å². The first kappa shape index (κ1) is 49.8. The number of unbranched alkanes of at least 4 members (excludes halogenated alkanes) is 30. The molecule has 0 heterocycles. The highest BCUT2D eigenvalue weighted by Gasteiger charge is 2.24. The van der Waals surface area contributed by atoms with Gasteiger partial charge >= 0.3 is 0 Å². The van der Waals surface area contributed by atoms with Gasteiger partial charge in [0, 0.05) is 6.42 Å². The lowest BCUT2D eigenvalue weighted by Crippen LogP contribution is -2.46. The van der Waals surface area contributed by atoms with Gasteiger partial charge in [-0.05, 0) is 32.1 Å². The minimum absolute atomic E-state index is 0.284. The summed E-state index contributed by atoms with van der Waals surface area (Å²) in [6.07, 6.45) is 48.9. The molecule has 2 unspecified atom stereocenters. The summed E-state index contributed by atoms with van der Waals surface area (Å²) in [5.74, 6) is -0.990. The average Bonchev–Trinajstić information content (AvgIpc) is 3.09.